The summed E-state index contributed by atoms with van der Waals surface area (Å²) in [5, 5.41) is 8.99. The molecule has 0 aromatic carbocycles. The highest BCUT2D eigenvalue weighted by Gasteiger charge is 2.30. The molecule has 1 aliphatic heterocycles. The third-order valence-corrected chi connectivity index (χ3v) is 2.94. The van der Waals surface area contributed by atoms with Crippen molar-refractivity contribution in [3.8, 4) is 0 Å². The average molecular weight is 271 g/mol. The van der Waals surface area contributed by atoms with Gasteiger partial charge in [0.25, 0.3) is 0 Å². The molecule has 1 amide bonds. The maximum absolute atomic E-state index is 11.6. The second-order valence-corrected chi connectivity index (χ2v) is 4.51. The normalized spacial score (nSPS) is 21.1. The Kier molecular flexibility index (Phi) is 3.02. The first-order valence-electron chi connectivity index (χ1n) is 4.73. The van der Waals surface area contributed by atoms with E-state index in [0.29, 0.717) is 18.8 Å². The quantitative estimate of drug-likeness (QED) is 0.879. The number of pyridine rings is 1. The Morgan fingerprint density at radius 3 is 3.07 bits per heavy atom. The first kappa shape index (κ1) is 10.6. The molecule has 5 heteroatoms. The van der Waals surface area contributed by atoms with Gasteiger partial charge in [-0.3, -0.25) is 9.69 Å². The fraction of sp³-hybridized carbons (Fsp3) is 0.400. The Balaban J connectivity index is 2.21. The maximum Gasteiger partial charge on any atom is 0.228 e. The Labute approximate surface area is 96.1 Å². The monoisotopic (exact) mass is 270 g/mol. The van der Waals surface area contributed by atoms with E-state index in [1.807, 2.05) is 6.07 Å². The van der Waals surface area contributed by atoms with Gasteiger partial charge in [0.2, 0.25) is 5.91 Å². The summed E-state index contributed by atoms with van der Waals surface area (Å²) in [6, 6.07) is 3.62. The van der Waals surface area contributed by atoms with E-state index in [0.717, 1.165) is 4.47 Å². The lowest BCUT2D eigenvalue weighted by Crippen LogP contribution is -2.25. The van der Waals surface area contributed by atoms with Gasteiger partial charge in [-0.15, -0.1) is 0 Å². The number of halogens is 1. The zero-order valence-corrected chi connectivity index (χ0v) is 9.64. The number of aliphatic hydroxyl groups excluding tert-OH is 1. The zero-order chi connectivity index (χ0) is 10.8. The van der Waals surface area contributed by atoms with Crippen molar-refractivity contribution in [2.75, 3.05) is 18.1 Å². The highest BCUT2D eigenvalue weighted by Crippen LogP contribution is 2.24. The van der Waals surface area contributed by atoms with Crippen molar-refractivity contribution in [3.05, 3.63) is 22.8 Å². The van der Waals surface area contributed by atoms with Crippen molar-refractivity contribution in [1.29, 1.82) is 0 Å². The number of rotatable bonds is 2. The van der Waals surface area contributed by atoms with Crippen molar-refractivity contribution in [1.82, 2.24) is 4.98 Å². The zero-order valence-electron chi connectivity index (χ0n) is 8.06. The molecule has 0 bridgehead atoms. The number of carbonyl (C=O) groups is 1. The molecule has 1 aliphatic rings. The summed E-state index contributed by atoms with van der Waals surface area (Å²) in [6.45, 7) is 0.606. The van der Waals surface area contributed by atoms with E-state index in [-0.39, 0.29) is 18.4 Å². The number of aliphatic hydroxyl groups is 1. The van der Waals surface area contributed by atoms with Gasteiger partial charge in [0.1, 0.15) is 5.82 Å². The molecule has 80 valence electrons. The number of carbonyl (C=O) groups excluding carboxylic acids is 1. The molecule has 4 nitrogen and oxygen atoms in total. The molecule has 1 unspecified atom stereocenters. The lowest BCUT2D eigenvalue weighted by Gasteiger charge is -2.14. The van der Waals surface area contributed by atoms with E-state index in [9.17, 15) is 4.79 Å². The van der Waals surface area contributed by atoms with Crippen LogP contribution in [0.2, 0.25) is 0 Å². The molecule has 2 heterocycles. The fourth-order valence-corrected chi connectivity index (χ4v) is 1.99. The SMILES string of the molecule is O=C1CC(CO)CN1c1cc(Br)ccn1. The average Bonchev–Trinajstić information content (AvgIpc) is 2.60. The predicted octanol–water partition coefficient (Wildman–Crippen LogP) is 1.19. The molecule has 0 aliphatic carbocycles. The van der Waals surface area contributed by atoms with Crippen LogP contribution in [-0.2, 0) is 4.79 Å². The van der Waals surface area contributed by atoms with Crippen LogP contribution in [0.4, 0.5) is 5.82 Å². The maximum atomic E-state index is 11.6. The molecule has 1 N–H and O–H groups in total. The minimum Gasteiger partial charge on any atom is -0.396 e. The second-order valence-electron chi connectivity index (χ2n) is 3.59. The third-order valence-electron chi connectivity index (χ3n) is 2.45. The van der Waals surface area contributed by atoms with Crippen molar-refractivity contribution >= 4 is 27.7 Å². The molecule has 0 saturated carbocycles. The molecule has 1 aromatic rings. The van der Waals surface area contributed by atoms with Gasteiger partial charge in [-0.1, -0.05) is 15.9 Å². The fourth-order valence-electron chi connectivity index (χ4n) is 1.67. The lowest BCUT2D eigenvalue weighted by atomic mass is 10.1. The standard InChI is InChI=1S/C10H11BrN2O2/c11-8-1-2-12-9(4-8)13-5-7(6-14)3-10(13)15/h1-2,4,7,14H,3,5-6H2. The van der Waals surface area contributed by atoms with Crippen LogP contribution in [0.5, 0.6) is 0 Å². The predicted molar refractivity (Wildman–Crippen MR) is 59.5 cm³/mol. The first-order valence-corrected chi connectivity index (χ1v) is 5.53. The number of anilines is 1. The number of amides is 1. The summed E-state index contributed by atoms with van der Waals surface area (Å²) < 4.78 is 0.896. The molecular formula is C10H11BrN2O2. The number of aromatic nitrogens is 1. The van der Waals surface area contributed by atoms with Crippen LogP contribution >= 0.6 is 15.9 Å². The molecule has 0 radical (unpaired) electrons. The van der Waals surface area contributed by atoms with Crippen molar-refractivity contribution < 1.29 is 9.90 Å². The van der Waals surface area contributed by atoms with Gasteiger partial charge in [-0.05, 0) is 12.1 Å². The van der Waals surface area contributed by atoms with E-state index in [2.05, 4.69) is 20.9 Å². The molecule has 0 spiro atoms. The van der Waals surface area contributed by atoms with Crippen molar-refractivity contribution in [2.45, 2.75) is 6.42 Å². The summed E-state index contributed by atoms with van der Waals surface area (Å²) in [7, 11) is 0. The van der Waals surface area contributed by atoms with Crippen LogP contribution in [0.25, 0.3) is 0 Å². The Morgan fingerprint density at radius 2 is 2.47 bits per heavy atom. The largest absolute Gasteiger partial charge is 0.396 e. The van der Waals surface area contributed by atoms with E-state index >= 15 is 0 Å². The Morgan fingerprint density at radius 1 is 1.67 bits per heavy atom. The van der Waals surface area contributed by atoms with Gasteiger partial charge in [0.15, 0.2) is 0 Å². The van der Waals surface area contributed by atoms with Gasteiger partial charge in [-0.25, -0.2) is 4.98 Å². The van der Waals surface area contributed by atoms with Gasteiger partial charge >= 0.3 is 0 Å². The van der Waals surface area contributed by atoms with E-state index in [1.54, 1.807) is 17.2 Å². The number of nitrogens with zero attached hydrogens (tertiary/aromatic N) is 2. The highest BCUT2D eigenvalue weighted by atomic mass is 79.9. The number of hydrogen-bond acceptors (Lipinski definition) is 3. The van der Waals surface area contributed by atoms with E-state index < -0.39 is 0 Å². The van der Waals surface area contributed by atoms with Crippen LogP contribution in [0.3, 0.4) is 0 Å². The first-order chi connectivity index (χ1) is 7.20. The molecular weight excluding hydrogens is 260 g/mol. The van der Waals surface area contributed by atoms with Gasteiger partial charge < -0.3 is 5.11 Å². The molecule has 1 atom stereocenters. The summed E-state index contributed by atoms with van der Waals surface area (Å²) >= 11 is 3.33. The summed E-state index contributed by atoms with van der Waals surface area (Å²) in [6.07, 6.45) is 2.06. The van der Waals surface area contributed by atoms with Gasteiger partial charge in [0, 0.05) is 36.2 Å². The van der Waals surface area contributed by atoms with Crippen LogP contribution in [0.15, 0.2) is 22.8 Å². The molecule has 1 fully saturated rings. The summed E-state index contributed by atoms with van der Waals surface area (Å²) in [5.74, 6) is 0.711. The van der Waals surface area contributed by atoms with Crippen LogP contribution in [0.1, 0.15) is 6.42 Å². The third kappa shape index (κ3) is 2.18. The topological polar surface area (TPSA) is 53.4 Å². The van der Waals surface area contributed by atoms with Crippen LogP contribution in [-0.4, -0.2) is 29.1 Å². The van der Waals surface area contributed by atoms with E-state index in [1.165, 1.54) is 0 Å². The molecule has 2 rings (SSSR count). The van der Waals surface area contributed by atoms with Gasteiger partial charge in [-0.2, -0.15) is 0 Å². The van der Waals surface area contributed by atoms with Gasteiger partial charge in [0.05, 0.1) is 0 Å². The van der Waals surface area contributed by atoms with Crippen LogP contribution in [0, 0.1) is 5.92 Å². The number of hydrogen-bond donors (Lipinski definition) is 1. The van der Waals surface area contributed by atoms with Crippen LogP contribution < -0.4 is 4.90 Å². The lowest BCUT2D eigenvalue weighted by molar-refractivity contribution is -0.117. The van der Waals surface area contributed by atoms with Crippen molar-refractivity contribution in [3.63, 3.8) is 0 Å². The summed E-state index contributed by atoms with van der Waals surface area (Å²) in [5.41, 5.74) is 0. The Hall–Kier alpha value is -0.940. The molecule has 15 heavy (non-hydrogen) atoms. The second kappa shape index (κ2) is 4.28. The van der Waals surface area contributed by atoms with Crippen molar-refractivity contribution in [2.24, 2.45) is 5.92 Å². The minimum absolute atomic E-state index is 0.0275. The smallest absolute Gasteiger partial charge is 0.228 e. The molecule has 1 saturated heterocycles. The summed E-state index contributed by atoms with van der Waals surface area (Å²) in [4.78, 5) is 17.4. The highest BCUT2D eigenvalue weighted by molar-refractivity contribution is 9.10. The minimum atomic E-state index is 0.0275. The Bertz CT molecular complexity index is 383. The van der Waals surface area contributed by atoms with E-state index in [4.69, 9.17) is 5.11 Å². The molecule has 1 aromatic heterocycles.